The summed E-state index contributed by atoms with van der Waals surface area (Å²) in [5.41, 5.74) is -0.182. The van der Waals surface area contributed by atoms with E-state index in [1.54, 1.807) is 25.1 Å². The fourth-order valence-electron chi connectivity index (χ4n) is 1.92. The molecule has 6 nitrogen and oxygen atoms in total. The number of amides is 1. The van der Waals surface area contributed by atoms with Gasteiger partial charge >= 0.3 is 5.97 Å². The van der Waals surface area contributed by atoms with Gasteiger partial charge < -0.3 is 19.5 Å². The first-order valence-corrected chi connectivity index (χ1v) is 7.99. The summed E-state index contributed by atoms with van der Waals surface area (Å²) in [5.74, 6) is -0.0469. The molecule has 0 aliphatic rings. The standard InChI is InChI=1S/C18H27NO5/c1-7-18(4,23-6)17(21)19-13-8-9-15(24-11-12(2)3)14(10-13)16(20)22-5/h8-10,12H,7,11H2,1-6H3,(H,19,21)/t18-/m0/s1. The predicted molar refractivity (Wildman–Crippen MR) is 92.4 cm³/mol. The molecule has 1 amide bonds. The highest BCUT2D eigenvalue weighted by atomic mass is 16.5. The molecule has 1 rings (SSSR count). The highest BCUT2D eigenvalue weighted by Gasteiger charge is 2.31. The van der Waals surface area contributed by atoms with Crippen LogP contribution < -0.4 is 10.1 Å². The molecular weight excluding hydrogens is 310 g/mol. The maximum Gasteiger partial charge on any atom is 0.341 e. The van der Waals surface area contributed by atoms with Crippen LogP contribution >= 0.6 is 0 Å². The van der Waals surface area contributed by atoms with Crippen LogP contribution in [0.15, 0.2) is 18.2 Å². The Hall–Kier alpha value is -2.08. The summed E-state index contributed by atoms with van der Waals surface area (Å²) >= 11 is 0. The van der Waals surface area contributed by atoms with E-state index in [9.17, 15) is 9.59 Å². The molecule has 0 aromatic heterocycles. The van der Waals surface area contributed by atoms with E-state index >= 15 is 0 Å². The predicted octanol–water partition coefficient (Wildman–Crippen LogP) is 3.26. The van der Waals surface area contributed by atoms with E-state index in [1.165, 1.54) is 14.2 Å². The number of rotatable bonds is 8. The number of anilines is 1. The molecule has 0 spiro atoms. The Bertz CT molecular complexity index is 579. The lowest BCUT2D eigenvalue weighted by molar-refractivity contribution is -0.136. The van der Waals surface area contributed by atoms with Gasteiger partial charge in [-0.05, 0) is 37.5 Å². The van der Waals surface area contributed by atoms with Crippen LogP contribution in [0.5, 0.6) is 5.75 Å². The minimum Gasteiger partial charge on any atom is -0.492 e. The van der Waals surface area contributed by atoms with Gasteiger partial charge in [0.15, 0.2) is 0 Å². The molecule has 1 aromatic carbocycles. The Morgan fingerprint density at radius 3 is 2.42 bits per heavy atom. The SMILES string of the molecule is CC[C@](C)(OC)C(=O)Nc1ccc(OCC(C)C)c(C(=O)OC)c1. The molecular formula is C18H27NO5. The largest absolute Gasteiger partial charge is 0.492 e. The monoisotopic (exact) mass is 337 g/mol. The lowest BCUT2D eigenvalue weighted by atomic mass is 10.0. The van der Waals surface area contributed by atoms with Gasteiger partial charge in [-0.1, -0.05) is 20.8 Å². The molecule has 6 heteroatoms. The number of hydrogen-bond acceptors (Lipinski definition) is 5. The lowest BCUT2D eigenvalue weighted by Gasteiger charge is -2.25. The number of nitrogens with one attached hydrogen (secondary N) is 1. The number of esters is 1. The third kappa shape index (κ3) is 4.96. The Labute approximate surface area is 143 Å². The topological polar surface area (TPSA) is 73.9 Å². The molecule has 0 saturated carbocycles. The molecule has 0 saturated heterocycles. The zero-order valence-corrected chi connectivity index (χ0v) is 15.3. The van der Waals surface area contributed by atoms with Crippen LogP contribution in [0, 0.1) is 5.92 Å². The fourth-order valence-corrected chi connectivity index (χ4v) is 1.92. The highest BCUT2D eigenvalue weighted by Crippen LogP contribution is 2.26. The van der Waals surface area contributed by atoms with Crippen molar-refractivity contribution in [2.24, 2.45) is 5.92 Å². The first kappa shape index (κ1) is 20.0. The van der Waals surface area contributed by atoms with Crippen molar-refractivity contribution in [2.45, 2.75) is 39.7 Å². The van der Waals surface area contributed by atoms with Crippen LogP contribution in [-0.4, -0.2) is 38.3 Å². The third-order valence-corrected chi connectivity index (χ3v) is 3.82. The lowest BCUT2D eigenvalue weighted by Crippen LogP contribution is -2.41. The van der Waals surface area contributed by atoms with Crippen molar-refractivity contribution >= 4 is 17.6 Å². The minimum atomic E-state index is -0.932. The number of carbonyl (C=O) groups excluding carboxylic acids is 2. The highest BCUT2D eigenvalue weighted by molar-refractivity contribution is 5.99. The van der Waals surface area contributed by atoms with Crippen LogP contribution in [-0.2, 0) is 14.3 Å². The second-order valence-corrected chi connectivity index (χ2v) is 6.15. The molecule has 0 radical (unpaired) electrons. The van der Waals surface area contributed by atoms with Gasteiger partial charge in [-0.25, -0.2) is 4.79 Å². The van der Waals surface area contributed by atoms with E-state index in [4.69, 9.17) is 14.2 Å². The molecule has 1 N–H and O–H groups in total. The Morgan fingerprint density at radius 2 is 1.92 bits per heavy atom. The molecule has 0 heterocycles. The molecule has 0 bridgehead atoms. The van der Waals surface area contributed by atoms with E-state index < -0.39 is 11.6 Å². The van der Waals surface area contributed by atoms with E-state index in [1.807, 2.05) is 20.8 Å². The van der Waals surface area contributed by atoms with E-state index in [2.05, 4.69) is 5.32 Å². The van der Waals surface area contributed by atoms with Crippen LogP contribution in [0.3, 0.4) is 0 Å². The summed E-state index contributed by atoms with van der Waals surface area (Å²) in [6.07, 6.45) is 0.523. The van der Waals surface area contributed by atoms with Crippen molar-refractivity contribution < 1.29 is 23.8 Å². The Balaban J connectivity index is 3.06. The summed E-state index contributed by atoms with van der Waals surface area (Å²) in [7, 11) is 2.80. The van der Waals surface area contributed by atoms with Gasteiger partial charge in [0.2, 0.25) is 0 Å². The average molecular weight is 337 g/mol. The minimum absolute atomic E-state index is 0.270. The number of methoxy groups -OCH3 is 2. The van der Waals surface area contributed by atoms with Crippen LogP contribution in [0.1, 0.15) is 44.5 Å². The first-order valence-electron chi connectivity index (χ1n) is 7.99. The Morgan fingerprint density at radius 1 is 1.25 bits per heavy atom. The van der Waals surface area contributed by atoms with Crippen molar-refractivity contribution in [3.05, 3.63) is 23.8 Å². The molecule has 24 heavy (non-hydrogen) atoms. The van der Waals surface area contributed by atoms with Crippen molar-refractivity contribution in [3.8, 4) is 5.75 Å². The molecule has 0 aliphatic carbocycles. The number of hydrogen-bond donors (Lipinski definition) is 1. The summed E-state index contributed by atoms with van der Waals surface area (Å²) < 4.78 is 15.7. The van der Waals surface area contributed by atoms with Crippen LogP contribution in [0.4, 0.5) is 5.69 Å². The van der Waals surface area contributed by atoms with Crippen molar-refractivity contribution in [1.82, 2.24) is 0 Å². The normalized spacial score (nSPS) is 13.3. The van der Waals surface area contributed by atoms with Gasteiger partial charge in [-0.3, -0.25) is 4.79 Å². The van der Waals surface area contributed by atoms with Crippen molar-refractivity contribution in [1.29, 1.82) is 0 Å². The average Bonchev–Trinajstić information content (AvgIpc) is 2.58. The number of carbonyl (C=O) groups is 2. The number of ether oxygens (including phenoxy) is 3. The second-order valence-electron chi connectivity index (χ2n) is 6.15. The molecule has 1 atom stereocenters. The van der Waals surface area contributed by atoms with Crippen molar-refractivity contribution in [3.63, 3.8) is 0 Å². The zero-order chi connectivity index (χ0) is 18.3. The summed E-state index contributed by atoms with van der Waals surface area (Å²) in [5, 5.41) is 2.77. The summed E-state index contributed by atoms with van der Waals surface area (Å²) in [4.78, 5) is 24.4. The maximum atomic E-state index is 12.4. The summed E-state index contributed by atoms with van der Waals surface area (Å²) in [6, 6.07) is 4.89. The first-order chi connectivity index (χ1) is 11.3. The fraction of sp³-hybridized carbons (Fsp3) is 0.556. The van der Waals surface area contributed by atoms with E-state index in [0.717, 1.165) is 0 Å². The molecule has 134 valence electrons. The van der Waals surface area contributed by atoms with E-state index in [-0.39, 0.29) is 11.5 Å². The quantitative estimate of drug-likeness (QED) is 0.737. The van der Waals surface area contributed by atoms with Gasteiger partial charge in [0.25, 0.3) is 5.91 Å². The van der Waals surface area contributed by atoms with Gasteiger partial charge in [0.05, 0.1) is 13.7 Å². The van der Waals surface area contributed by atoms with Gasteiger partial charge in [-0.15, -0.1) is 0 Å². The number of benzene rings is 1. The maximum absolute atomic E-state index is 12.4. The van der Waals surface area contributed by atoms with Gasteiger partial charge in [0.1, 0.15) is 16.9 Å². The third-order valence-electron chi connectivity index (χ3n) is 3.82. The van der Waals surface area contributed by atoms with Gasteiger partial charge in [0, 0.05) is 12.8 Å². The summed E-state index contributed by atoms with van der Waals surface area (Å²) in [6.45, 7) is 8.09. The Kier molecular flexibility index (Phi) is 7.22. The molecule has 0 fully saturated rings. The molecule has 0 unspecified atom stereocenters. The van der Waals surface area contributed by atoms with Crippen molar-refractivity contribution in [2.75, 3.05) is 26.1 Å². The molecule has 1 aromatic rings. The van der Waals surface area contributed by atoms with Gasteiger partial charge in [-0.2, -0.15) is 0 Å². The van der Waals surface area contributed by atoms with Crippen LogP contribution in [0.25, 0.3) is 0 Å². The van der Waals surface area contributed by atoms with Crippen LogP contribution in [0.2, 0.25) is 0 Å². The second kappa shape index (κ2) is 8.68. The van der Waals surface area contributed by atoms with E-state index in [0.29, 0.717) is 30.4 Å². The smallest absolute Gasteiger partial charge is 0.341 e. The molecule has 0 aliphatic heterocycles. The zero-order valence-electron chi connectivity index (χ0n) is 15.3.